The first kappa shape index (κ1) is 20.1. The lowest BCUT2D eigenvalue weighted by molar-refractivity contribution is -0.146. The first-order valence-corrected chi connectivity index (χ1v) is 11.6. The van der Waals surface area contributed by atoms with E-state index in [1.807, 2.05) is 11.8 Å². The fraction of sp³-hybridized carbons (Fsp3) is 0.909. The van der Waals surface area contributed by atoms with E-state index in [0.29, 0.717) is 55.9 Å². The molecule has 4 heterocycles. The maximum absolute atomic E-state index is 12.8. The van der Waals surface area contributed by atoms with Crippen LogP contribution in [0.4, 0.5) is 0 Å². The molecule has 0 aromatic rings. The minimum Gasteiger partial charge on any atom is -0.378 e. The van der Waals surface area contributed by atoms with E-state index < -0.39 is 0 Å². The Morgan fingerprint density at radius 3 is 2.50 bits per heavy atom. The second-order valence-electron chi connectivity index (χ2n) is 9.09. The van der Waals surface area contributed by atoms with Gasteiger partial charge in [0, 0.05) is 44.6 Å². The van der Waals surface area contributed by atoms with Crippen molar-refractivity contribution in [1.29, 1.82) is 0 Å². The van der Waals surface area contributed by atoms with E-state index in [9.17, 15) is 9.59 Å². The van der Waals surface area contributed by atoms with E-state index in [2.05, 4.69) is 9.80 Å². The van der Waals surface area contributed by atoms with E-state index in [4.69, 9.17) is 4.74 Å². The highest BCUT2D eigenvalue weighted by Gasteiger charge is 2.49. The van der Waals surface area contributed by atoms with E-state index in [1.165, 1.54) is 38.8 Å². The number of amides is 2. The topological polar surface area (TPSA) is 53.1 Å². The molecule has 4 rings (SSSR count). The Morgan fingerprint density at radius 2 is 1.75 bits per heavy atom. The standard InChI is InChI=1S/C22H37N3O3/c1-2-20(26)25-16-17-6-4-10-24-11-5-7-18(22(17)24)19(25)8-3-9-21(27)23-12-14-28-15-13-23/h17-19,22H,2-16H2,1H3/t17-,18+,19+,22-/m0/s1. The summed E-state index contributed by atoms with van der Waals surface area (Å²) in [5, 5.41) is 0. The average Bonchev–Trinajstić information content (AvgIpc) is 2.75. The van der Waals surface area contributed by atoms with E-state index in [0.717, 1.165) is 32.5 Å². The molecule has 158 valence electrons. The zero-order valence-electron chi connectivity index (χ0n) is 17.5. The molecule has 4 aliphatic heterocycles. The molecule has 4 fully saturated rings. The molecule has 28 heavy (non-hydrogen) atoms. The van der Waals surface area contributed by atoms with Gasteiger partial charge in [-0.25, -0.2) is 0 Å². The first-order valence-electron chi connectivity index (χ1n) is 11.6. The summed E-state index contributed by atoms with van der Waals surface area (Å²) < 4.78 is 5.35. The molecule has 6 nitrogen and oxygen atoms in total. The Morgan fingerprint density at radius 1 is 1.00 bits per heavy atom. The molecule has 0 bridgehead atoms. The SMILES string of the molecule is CCC(=O)N1C[C@@H]2CCCN3CCC[C@@H]([C@H]23)[C@H]1CCCC(=O)N1CCOCC1. The van der Waals surface area contributed by atoms with Crippen molar-refractivity contribution in [3.05, 3.63) is 0 Å². The number of hydrogen-bond donors (Lipinski definition) is 0. The maximum Gasteiger partial charge on any atom is 0.222 e. The smallest absolute Gasteiger partial charge is 0.222 e. The zero-order valence-corrected chi connectivity index (χ0v) is 17.5. The summed E-state index contributed by atoms with van der Waals surface area (Å²) >= 11 is 0. The van der Waals surface area contributed by atoms with Crippen LogP contribution in [0.3, 0.4) is 0 Å². The Balaban J connectivity index is 1.41. The highest BCUT2D eigenvalue weighted by atomic mass is 16.5. The third kappa shape index (κ3) is 4.09. The molecular formula is C22H37N3O3. The fourth-order valence-corrected chi connectivity index (χ4v) is 6.29. The van der Waals surface area contributed by atoms with Crippen LogP contribution in [-0.2, 0) is 14.3 Å². The van der Waals surface area contributed by atoms with Crippen LogP contribution >= 0.6 is 0 Å². The molecule has 4 saturated heterocycles. The summed E-state index contributed by atoms with van der Waals surface area (Å²) in [6.07, 6.45) is 8.12. The number of ether oxygens (including phenoxy) is 1. The van der Waals surface area contributed by atoms with Crippen LogP contribution < -0.4 is 0 Å². The van der Waals surface area contributed by atoms with Gasteiger partial charge in [-0.3, -0.25) is 14.5 Å². The quantitative estimate of drug-likeness (QED) is 0.720. The molecule has 6 heteroatoms. The van der Waals surface area contributed by atoms with Crippen LogP contribution in [0.25, 0.3) is 0 Å². The summed E-state index contributed by atoms with van der Waals surface area (Å²) in [5.74, 6) is 1.82. The van der Waals surface area contributed by atoms with Crippen LogP contribution in [0.2, 0.25) is 0 Å². The molecule has 0 N–H and O–H groups in total. The molecule has 0 unspecified atom stereocenters. The van der Waals surface area contributed by atoms with Crippen LogP contribution in [-0.4, -0.2) is 84.5 Å². The average molecular weight is 392 g/mol. The number of nitrogens with zero attached hydrogens (tertiary/aromatic N) is 3. The maximum atomic E-state index is 12.8. The zero-order chi connectivity index (χ0) is 19.5. The monoisotopic (exact) mass is 391 g/mol. The van der Waals surface area contributed by atoms with Gasteiger partial charge >= 0.3 is 0 Å². The van der Waals surface area contributed by atoms with E-state index >= 15 is 0 Å². The number of hydrogen-bond acceptors (Lipinski definition) is 4. The van der Waals surface area contributed by atoms with Gasteiger partial charge in [0.15, 0.2) is 0 Å². The Bertz CT molecular complexity index is 561. The van der Waals surface area contributed by atoms with Crippen LogP contribution in [0.15, 0.2) is 0 Å². The van der Waals surface area contributed by atoms with Crippen molar-refractivity contribution in [2.75, 3.05) is 45.9 Å². The Hall–Kier alpha value is -1.14. The molecule has 0 aromatic carbocycles. The normalized spacial score (nSPS) is 33.5. The van der Waals surface area contributed by atoms with Crippen molar-refractivity contribution >= 4 is 11.8 Å². The van der Waals surface area contributed by atoms with E-state index in [-0.39, 0.29) is 5.91 Å². The molecule has 0 spiro atoms. The molecule has 0 aliphatic carbocycles. The van der Waals surface area contributed by atoms with Gasteiger partial charge < -0.3 is 14.5 Å². The van der Waals surface area contributed by atoms with Crippen molar-refractivity contribution in [2.24, 2.45) is 11.8 Å². The highest BCUT2D eigenvalue weighted by molar-refractivity contribution is 5.77. The summed E-state index contributed by atoms with van der Waals surface area (Å²) in [6, 6.07) is 0.996. The molecule has 0 saturated carbocycles. The molecule has 0 radical (unpaired) electrons. The lowest BCUT2D eigenvalue weighted by atomic mass is 9.69. The third-order valence-electron chi connectivity index (χ3n) is 7.55. The lowest BCUT2D eigenvalue weighted by Gasteiger charge is -2.57. The molecule has 2 amide bonds. The van der Waals surface area contributed by atoms with Gasteiger partial charge in [0.25, 0.3) is 0 Å². The van der Waals surface area contributed by atoms with Crippen LogP contribution in [0.5, 0.6) is 0 Å². The van der Waals surface area contributed by atoms with Gasteiger partial charge in [0.1, 0.15) is 0 Å². The largest absolute Gasteiger partial charge is 0.378 e. The number of rotatable bonds is 5. The van der Waals surface area contributed by atoms with Crippen molar-refractivity contribution < 1.29 is 14.3 Å². The first-order chi connectivity index (χ1) is 13.7. The van der Waals surface area contributed by atoms with Crippen LogP contribution in [0, 0.1) is 11.8 Å². The number of likely N-dealkylation sites (tertiary alicyclic amines) is 1. The summed E-state index contributed by atoms with van der Waals surface area (Å²) in [5.41, 5.74) is 0. The molecule has 0 aromatic heterocycles. The predicted octanol–water partition coefficient (Wildman–Crippen LogP) is 2.13. The van der Waals surface area contributed by atoms with Crippen molar-refractivity contribution in [3.63, 3.8) is 0 Å². The van der Waals surface area contributed by atoms with Gasteiger partial charge in [-0.1, -0.05) is 6.92 Å². The van der Waals surface area contributed by atoms with Crippen LogP contribution in [0.1, 0.15) is 58.3 Å². The minimum atomic E-state index is 0.258. The molecular weight excluding hydrogens is 354 g/mol. The van der Waals surface area contributed by atoms with Gasteiger partial charge in [-0.05, 0) is 63.5 Å². The predicted molar refractivity (Wildman–Crippen MR) is 108 cm³/mol. The van der Waals surface area contributed by atoms with E-state index in [1.54, 1.807) is 0 Å². The number of morpholine rings is 1. The second-order valence-corrected chi connectivity index (χ2v) is 9.09. The van der Waals surface area contributed by atoms with Crippen molar-refractivity contribution in [2.45, 2.75) is 70.4 Å². The van der Waals surface area contributed by atoms with Crippen molar-refractivity contribution in [3.8, 4) is 0 Å². The fourth-order valence-electron chi connectivity index (χ4n) is 6.29. The molecule has 4 atom stereocenters. The lowest BCUT2D eigenvalue weighted by Crippen LogP contribution is -2.65. The Kier molecular flexibility index (Phi) is 6.56. The van der Waals surface area contributed by atoms with Gasteiger partial charge in [0.05, 0.1) is 13.2 Å². The van der Waals surface area contributed by atoms with Gasteiger partial charge in [0.2, 0.25) is 11.8 Å². The third-order valence-corrected chi connectivity index (χ3v) is 7.55. The number of carbonyl (C=O) groups excluding carboxylic acids is 2. The van der Waals surface area contributed by atoms with Gasteiger partial charge in [-0.2, -0.15) is 0 Å². The summed E-state index contributed by atoms with van der Waals surface area (Å²) in [6.45, 7) is 8.17. The summed E-state index contributed by atoms with van der Waals surface area (Å²) in [7, 11) is 0. The second kappa shape index (κ2) is 9.12. The Labute approximate surface area is 169 Å². The molecule has 4 aliphatic rings. The minimum absolute atomic E-state index is 0.258. The summed E-state index contributed by atoms with van der Waals surface area (Å²) in [4.78, 5) is 32.2. The van der Waals surface area contributed by atoms with Crippen molar-refractivity contribution in [1.82, 2.24) is 14.7 Å². The number of carbonyl (C=O) groups is 2. The van der Waals surface area contributed by atoms with Gasteiger partial charge in [-0.15, -0.1) is 0 Å². The highest BCUT2D eigenvalue weighted by Crippen LogP contribution is 2.43. The number of piperidine rings is 3.